The number of hydrogen-bond acceptors (Lipinski definition) is 3. The largest absolute Gasteiger partial charge is 0.506 e. The van der Waals surface area contributed by atoms with Crippen molar-refractivity contribution in [3.63, 3.8) is 0 Å². The van der Waals surface area contributed by atoms with Gasteiger partial charge in [0.2, 0.25) is 0 Å². The van der Waals surface area contributed by atoms with Gasteiger partial charge in [0.05, 0.1) is 16.8 Å². The van der Waals surface area contributed by atoms with Crippen molar-refractivity contribution in [3.05, 3.63) is 52.7 Å². The molecule has 0 unspecified atom stereocenters. The van der Waals surface area contributed by atoms with E-state index in [2.05, 4.69) is 4.99 Å². The topological polar surface area (TPSA) is 61.3 Å². The molecule has 3 aromatic rings. The van der Waals surface area contributed by atoms with Crippen molar-refractivity contribution in [2.24, 2.45) is 4.99 Å². The standard InChI is InChI=1S/C20H15F2N3O/c1-11-17-10-24-5-2-6-25(17)19-15(7-12(9-23)20(26)18(11)19)14-4-3-13(21)8-16(14)22/h3-4,7-8,10,26H,2,5-6H2,1H3. The summed E-state index contributed by atoms with van der Waals surface area (Å²) < 4.78 is 29.8. The predicted octanol–water partition coefficient (Wildman–Crippen LogP) is 4.29. The molecule has 0 atom stereocenters. The van der Waals surface area contributed by atoms with E-state index in [1.807, 2.05) is 17.6 Å². The fraction of sp³-hybridized carbons (Fsp3) is 0.200. The van der Waals surface area contributed by atoms with E-state index in [1.54, 1.807) is 6.21 Å². The van der Waals surface area contributed by atoms with E-state index >= 15 is 0 Å². The summed E-state index contributed by atoms with van der Waals surface area (Å²) in [7, 11) is 0. The van der Waals surface area contributed by atoms with Gasteiger partial charge in [-0.2, -0.15) is 5.26 Å². The number of nitrogens with zero attached hydrogens (tertiary/aromatic N) is 3. The molecule has 0 radical (unpaired) electrons. The smallest absolute Gasteiger partial charge is 0.143 e. The highest BCUT2D eigenvalue weighted by atomic mass is 19.1. The molecule has 130 valence electrons. The molecule has 1 aromatic heterocycles. The molecule has 4 nitrogen and oxygen atoms in total. The molecule has 0 spiro atoms. The van der Waals surface area contributed by atoms with E-state index < -0.39 is 11.6 Å². The van der Waals surface area contributed by atoms with Crippen molar-refractivity contribution in [3.8, 4) is 22.9 Å². The van der Waals surface area contributed by atoms with Crippen LogP contribution in [0.4, 0.5) is 8.78 Å². The van der Waals surface area contributed by atoms with Gasteiger partial charge in [-0.15, -0.1) is 0 Å². The van der Waals surface area contributed by atoms with E-state index in [-0.39, 0.29) is 16.9 Å². The monoisotopic (exact) mass is 351 g/mol. The van der Waals surface area contributed by atoms with E-state index in [9.17, 15) is 19.1 Å². The molecule has 0 bridgehead atoms. The third-order valence-electron chi connectivity index (χ3n) is 4.82. The van der Waals surface area contributed by atoms with Gasteiger partial charge in [0.25, 0.3) is 0 Å². The van der Waals surface area contributed by atoms with Crippen LogP contribution in [0.1, 0.15) is 23.2 Å². The summed E-state index contributed by atoms with van der Waals surface area (Å²) in [6, 6.07) is 6.78. The highest BCUT2D eigenvalue weighted by molar-refractivity contribution is 6.06. The number of aromatic hydroxyl groups is 1. The number of aryl methyl sites for hydroxylation is 2. The molecule has 26 heavy (non-hydrogen) atoms. The Morgan fingerprint density at radius 3 is 2.77 bits per heavy atom. The zero-order valence-corrected chi connectivity index (χ0v) is 14.1. The summed E-state index contributed by atoms with van der Waals surface area (Å²) in [4.78, 5) is 4.36. The molecular weight excluding hydrogens is 336 g/mol. The van der Waals surface area contributed by atoms with Crippen molar-refractivity contribution in [2.45, 2.75) is 19.9 Å². The van der Waals surface area contributed by atoms with Gasteiger partial charge in [0.1, 0.15) is 23.5 Å². The average Bonchev–Trinajstić information content (AvgIpc) is 2.77. The number of phenols is 1. The molecule has 0 aliphatic carbocycles. The second-order valence-corrected chi connectivity index (χ2v) is 6.33. The lowest BCUT2D eigenvalue weighted by Gasteiger charge is -2.13. The quantitative estimate of drug-likeness (QED) is 0.711. The predicted molar refractivity (Wildman–Crippen MR) is 95.5 cm³/mol. The Morgan fingerprint density at radius 2 is 2.04 bits per heavy atom. The summed E-state index contributed by atoms with van der Waals surface area (Å²) in [6.45, 7) is 3.18. The number of fused-ring (bicyclic) bond motifs is 3. The highest BCUT2D eigenvalue weighted by Crippen LogP contribution is 2.42. The number of aliphatic imine (C=N–C) groups is 1. The minimum Gasteiger partial charge on any atom is -0.506 e. The number of rotatable bonds is 1. The maximum absolute atomic E-state index is 14.5. The first-order valence-electron chi connectivity index (χ1n) is 8.27. The van der Waals surface area contributed by atoms with Crippen LogP contribution in [0.5, 0.6) is 5.75 Å². The van der Waals surface area contributed by atoms with Crippen molar-refractivity contribution >= 4 is 17.1 Å². The van der Waals surface area contributed by atoms with Crippen LogP contribution in [0.15, 0.2) is 29.3 Å². The molecule has 1 N–H and O–H groups in total. The van der Waals surface area contributed by atoms with Crippen LogP contribution in [-0.2, 0) is 6.54 Å². The molecule has 0 amide bonds. The van der Waals surface area contributed by atoms with Crippen LogP contribution in [0, 0.1) is 29.9 Å². The lowest BCUT2D eigenvalue weighted by Crippen LogP contribution is -2.03. The molecule has 2 aromatic carbocycles. The fourth-order valence-electron chi connectivity index (χ4n) is 3.62. The Labute approximate surface area is 148 Å². The second kappa shape index (κ2) is 5.95. The summed E-state index contributed by atoms with van der Waals surface area (Å²) >= 11 is 0. The molecule has 1 aliphatic heterocycles. The fourth-order valence-corrected chi connectivity index (χ4v) is 3.62. The van der Waals surface area contributed by atoms with Gasteiger partial charge >= 0.3 is 0 Å². The molecule has 6 heteroatoms. The average molecular weight is 351 g/mol. The van der Waals surface area contributed by atoms with Gasteiger partial charge in [0.15, 0.2) is 0 Å². The van der Waals surface area contributed by atoms with Gasteiger partial charge in [0, 0.05) is 41.9 Å². The van der Waals surface area contributed by atoms with E-state index in [0.717, 1.165) is 23.7 Å². The van der Waals surface area contributed by atoms with E-state index in [0.29, 0.717) is 29.6 Å². The van der Waals surface area contributed by atoms with Crippen molar-refractivity contribution in [1.29, 1.82) is 5.26 Å². The van der Waals surface area contributed by atoms with Crippen LogP contribution in [-0.4, -0.2) is 22.4 Å². The summed E-state index contributed by atoms with van der Waals surface area (Å²) in [5, 5.41) is 20.5. The summed E-state index contributed by atoms with van der Waals surface area (Å²) in [5.41, 5.74) is 2.94. The number of nitriles is 1. The van der Waals surface area contributed by atoms with Crippen molar-refractivity contribution < 1.29 is 13.9 Å². The summed E-state index contributed by atoms with van der Waals surface area (Å²) in [6.07, 6.45) is 2.55. The molecule has 4 rings (SSSR count). The van der Waals surface area contributed by atoms with Crippen LogP contribution >= 0.6 is 0 Å². The Kier molecular flexibility index (Phi) is 3.73. The number of aromatic nitrogens is 1. The van der Waals surface area contributed by atoms with Gasteiger partial charge in [-0.25, -0.2) is 8.78 Å². The maximum atomic E-state index is 14.5. The maximum Gasteiger partial charge on any atom is 0.143 e. The first kappa shape index (κ1) is 16.3. The lowest BCUT2D eigenvalue weighted by molar-refractivity contribution is 0.479. The highest BCUT2D eigenvalue weighted by Gasteiger charge is 2.24. The summed E-state index contributed by atoms with van der Waals surface area (Å²) in [5.74, 6) is -1.50. The number of benzene rings is 2. The normalized spacial score (nSPS) is 13.5. The van der Waals surface area contributed by atoms with Crippen LogP contribution in [0.3, 0.4) is 0 Å². The zero-order chi connectivity index (χ0) is 18.4. The van der Waals surface area contributed by atoms with Crippen LogP contribution < -0.4 is 0 Å². The van der Waals surface area contributed by atoms with E-state index in [1.165, 1.54) is 18.2 Å². The third-order valence-corrected chi connectivity index (χ3v) is 4.82. The first-order chi connectivity index (χ1) is 12.5. The van der Waals surface area contributed by atoms with Gasteiger partial charge in [-0.1, -0.05) is 0 Å². The van der Waals surface area contributed by atoms with Crippen LogP contribution in [0.2, 0.25) is 0 Å². The zero-order valence-electron chi connectivity index (χ0n) is 14.1. The van der Waals surface area contributed by atoms with E-state index in [4.69, 9.17) is 0 Å². The van der Waals surface area contributed by atoms with Crippen molar-refractivity contribution in [1.82, 2.24) is 4.57 Å². The van der Waals surface area contributed by atoms with Gasteiger partial charge in [-0.3, -0.25) is 4.99 Å². The van der Waals surface area contributed by atoms with Crippen molar-refractivity contribution in [2.75, 3.05) is 6.54 Å². The minimum absolute atomic E-state index is 0.0528. The Bertz CT molecular complexity index is 1120. The Hall–Kier alpha value is -3.20. The molecule has 0 saturated carbocycles. The van der Waals surface area contributed by atoms with Gasteiger partial charge < -0.3 is 9.67 Å². The second-order valence-electron chi connectivity index (χ2n) is 6.33. The van der Waals surface area contributed by atoms with Gasteiger partial charge in [-0.05, 0) is 37.1 Å². The molecular formula is C20H15F2N3O. The Morgan fingerprint density at radius 1 is 1.23 bits per heavy atom. The lowest BCUT2D eigenvalue weighted by atomic mass is 9.97. The molecule has 0 fully saturated rings. The Balaban J connectivity index is 2.18. The SMILES string of the molecule is Cc1c2n(c3c(-c4ccc(F)cc4F)cc(C#N)c(O)c13)CCCN=C2. The molecule has 1 aliphatic rings. The number of phenolic OH excluding ortho intramolecular Hbond substituents is 1. The molecule has 2 heterocycles. The third kappa shape index (κ3) is 2.28. The number of halogens is 2. The van der Waals surface area contributed by atoms with Crippen LogP contribution in [0.25, 0.3) is 22.0 Å². The minimum atomic E-state index is -0.712. The molecule has 0 saturated heterocycles. The number of hydrogen-bond donors (Lipinski definition) is 1. The first-order valence-corrected chi connectivity index (χ1v) is 8.27.